The first kappa shape index (κ1) is 17.4. The first-order valence-electron chi connectivity index (χ1n) is 7.07. The summed E-state index contributed by atoms with van der Waals surface area (Å²) in [5.41, 5.74) is 0. The molecule has 1 amide bonds. The number of hydrogen-bond donors (Lipinski definition) is 2. The van der Waals surface area contributed by atoms with Crippen LogP contribution in [-0.4, -0.2) is 48.7 Å². The van der Waals surface area contributed by atoms with Crippen LogP contribution in [0.4, 0.5) is 0 Å². The number of carbonyl (C=O) groups excluding carboxylic acids is 1. The van der Waals surface area contributed by atoms with Gasteiger partial charge in [0.05, 0.1) is 6.04 Å². The second-order valence-electron chi connectivity index (χ2n) is 5.41. The molecular weight excluding hydrogens is 228 g/mol. The molecule has 0 saturated carbocycles. The van der Waals surface area contributed by atoms with Crippen molar-refractivity contribution in [3.05, 3.63) is 0 Å². The topological polar surface area (TPSA) is 52.6 Å². The van der Waals surface area contributed by atoms with Crippen molar-refractivity contribution in [3.63, 3.8) is 0 Å². The Bertz CT molecular complexity index is 220. The van der Waals surface area contributed by atoms with Crippen molar-refractivity contribution in [1.82, 2.24) is 10.2 Å². The van der Waals surface area contributed by atoms with Gasteiger partial charge < -0.3 is 10.4 Å². The number of rotatable bonds is 10. The van der Waals surface area contributed by atoms with Gasteiger partial charge in [-0.05, 0) is 52.1 Å². The molecule has 0 aromatic carbocycles. The number of amides is 1. The van der Waals surface area contributed by atoms with Gasteiger partial charge in [0.15, 0.2) is 0 Å². The maximum Gasteiger partial charge on any atom is 0.237 e. The van der Waals surface area contributed by atoms with Gasteiger partial charge in [-0.1, -0.05) is 13.8 Å². The molecule has 4 heteroatoms. The maximum atomic E-state index is 11.9. The Morgan fingerprint density at radius 2 is 1.89 bits per heavy atom. The molecule has 0 aliphatic rings. The average molecular weight is 258 g/mol. The van der Waals surface area contributed by atoms with Crippen LogP contribution in [0.15, 0.2) is 0 Å². The Morgan fingerprint density at radius 3 is 2.44 bits per heavy atom. The Hall–Kier alpha value is -0.610. The summed E-state index contributed by atoms with van der Waals surface area (Å²) in [6.45, 7) is 8.18. The van der Waals surface area contributed by atoms with Crippen molar-refractivity contribution in [3.8, 4) is 0 Å². The molecule has 0 fully saturated rings. The van der Waals surface area contributed by atoms with E-state index in [0.717, 1.165) is 38.8 Å². The molecule has 0 rings (SSSR count). The van der Waals surface area contributed by atoms with Gasteiger partial charge in [0.25, 0.3) is 0 Å². The summed E-state index contributed by atoms with van der Waals surface area (Å²) in [6, 6.07) is -0.0775. The van der Waals surface area contributed by atoms with Crippen LogP contribution < -0.4 is 5.32 Å². The summed E-state index contributed by atoms with van der Waals surface area (Å²) in [7, 11) is 1.98. The van der Waals surface area contributed by atoms with Crippen LogP contribution in [0.2, 0.25) is 0 Å². The lowest BCUT2D eigenvalue weighted by molar-refractivity contribution is -0.125. The van der Waals surface area contributed by atoms with Gasteiger partial charge in [-0.3, -0.25) is 9.69 Å². The predicted octanol–water partition coefficient (Wildman–Crippen LogP) is 1.63. The SMILES string of the molecule is CC(C)CCNC(=O)C(C)N(C)CCCCCO. The van der Waals surface area contributed by atoms with Crippen molar-refractivity contribution in [2.45, 2.75) is 52.5 Å². The number of aliphatic hydroxyl groups excluding tert-OH is 1. The molecule has 1 atom stereocenters. The molecule has 4 nitrogen and oxygen atoms in total. The van der Waals surface area contributed by atoms with Crippen LogP contribution in [-0.2, 0) is 4.79 Å². The summed E-state index contributed by atoms with van der Waals surface area (Å²) < 4.78 is 0. The van der Waals surface area contributed by atoms with Gasteiger partial charge in [0, 0.05) is 13.2 Å². The summed E-state index contributed by atoms with van der Waals surface area (Å²) in [5, 5.41) is 11.7. The molecule has 0 spiro atoms. The van der Waals surface area contributed by atoms with Crippen LogP contribution in [0.5, 0.6) is 0 Å². The molecule has 108 valence electrons. The highest BCUT2D eigenvalue weighted by molar-refractivity contribution is 5.81. The zero-order valence-electron chi connectivity index (χ0n) is 12.4. The minimum Gasteiger partial charge on any atom is -0.396 e. The first-order valence-corrected chi connectivity index (χ1v) is 7.07. The molecule has 0 radical (unpaired) electrons. The molecule has 0 bridgehead atoms. The molecule has 0 aromatic heterocycles. The van der Waals surface area contributed by atoms with Crippen LogP contribution in [0.3, 0.4) is 0 Å². The number of nitrogens with one attached hydrogen (secondary N) is 1. The lowest BCUT2D eigenvalue weighted by Crippen LogP contribution is -2.44. The second-order valence-corrected chi connectivity index (χ2v) is 5.41. The van der Waals surface area contributed by atoms with E-state index in [1.165, 1.54) is 0 Å². The molecule has 1 unspecified atom stereocenters. The monoisotopic (exact) mass is 258 g/mol. The lowest BCUT2D eigenvalue weighted by Gasteiger charge is -2.24. The van der Waals surface area contributed by atoms with Crippen molar-refractivity contribution >= 4 is 5.91 Å². The van der Waals surface area contributed by atoms with Crippen LogP contribution >= 0.6 is 0 Å². The Labute approximate surface area is 112 Å². The summed E-state index contributed by atoms with van der Waals surface area (Å²) in [5.74, 6) is 0.733. The number of hydrogen-bond acceptors (Lipinski definition) is 3. The Balaban J connectivity index is 3.75. The molecule has 0 heterocycles. The fraction of sp³-hybridized carbons (Fsp3) is 0.929. The van der Waals surface area contributed by atoms with E-state index < -0.39 is 0 Å². The van der Waals surface area contributed by atoms with E-state index in [2.05, 4.69) is 24.1 Å². The third-order valence-electron chi connectivity index (χ3n) is 3.23. The van der Waals surface area contributed by atoms with Gasteiger partial charge in [0.1, 0.15) is 0 Å². The quantitative estimate of drug-likeness (QED) is 0.586. The van der Waals surface area contributed by atoms with Gasteiger partial charge in [0.2, 0.25) is 5.91 Å². The van der Waals surface area contributed by atoms with Crippen LogP contribution in [0.25, 0.3) is 0 Å². The normalized spacial score (nSPS) is 13.1. The number of carbonyl (C=O) groups is 1. The van der Waals surface area contributed by atoms with Crippen molar-refractivity contribution in [1.29, 1.82) is 0 Å². The zero-order chi connectivity index (χ0) is 14.0. The van der Waals surface area contributed by atoms with E-state index in [1.807, 2.05) is 14.0 Å². The molecule has 0 aliphatic heterocycles. The highest BCUT2D eigenvalue weighted by atomic mass is 16.2. The number of aliphatic hydroxyl groups is 1. The number of unbranched alkanes of at least 4 members (excludes halogenated alkanes) is 2. The van der Waals surface area contributed by atoms with Crippen molar-refractivity contribution < 1.29 is 9.90 Å². The third-order valence-corrected chi connectivity index (χ3v) is 3.23. The molecule has 18 heavy (non-hydrogen) atoms. The van der Waals surface area contributed by atoms with E-state index in [0.29, 0.717) is 5.92 Å². The van der Waals surface area contributed by atoms with Gasteiger partial charge in [-0.2, -0.15) is 0 Å². The van der Waals surface area contributed by atoms with E-state index in [9.17, 15) is 4.79 Å². The minimum atomic E-state index is -0.0775. The molecular formula is C14H30N2O2. The van der Waals surface area contributed by atoms with Crippen LogP contribution in [0.1, 0.15) is 46.5 Å². The number of nitrogens with zero attached hydrogens (tertiary/aromatic N) is 1. The van der Waals surface area contributed by atoms with Gasteiger partial charge in [-0.15, -0.1) is 0 Å². The highest BCUT2D eigenvalue weighted by Gasteiger charge is 2.16. The van der Waals surface area contributed by atoms with E-state index >= 15 is 0 Å². The molecule has 2 N–H and O–H groups in total. The van der Waals surface area contributed by atoms with Gasteiger partial charge in [-0.25, -0.2) is 0 Å². The van der Waals surface area contributed by atoms with E-state index in [4.69, 9.17) is 5.11 Å². The third kappa shape index (κ3) is 8.48. The van der Waals surface area contributed by atoms with E-state index in [-0.39, 0.29) is 18.6 Å². The fourth-order valence-electron chi connectivity index (χ4n) is 1.68. The molecule has 0 saturated heterocycles. The fourth-order valence-corrected chi connectivity index (χ4v) is 1.68. The number of likely N-dealkylation sites (N-methyl/N-ethyl adjacent to an activating group) is 1. The Kier molecular flexibility index (Phi) is 9.98. The summed E-state index contributed by atoms with van der Waals surface area (Å²) >= 11 is 0. The largest absolute Gasteiger partial charge is 0.396 e. The second kappa shape index (κ2) is 10.3. The predicted molar refractivity (Wildman–Crippen MR) is 75.5 cm³/mol. The lowest BCUT2D eigenvalue weighted by atomic mass is 10.1. The van der Waals surface area contributed by atoms with Crippen LogP contribution in [0, 0.1) is 5.92 Å². The highest BCUT2D eigenvalue weighted by Crippen LogP contribution is 2.02. The van der Waals surface area contributed by atoms with Crippen molar-refractivity contribution in [2.75, 3.05) is 26.7 Å². The van der Waals surface area contributed by atoms with Gasteiger partial charge >= 0.3 is 0 Å². The molecule has 0 aromatic rings. The maximum absolute atomic E-state index is 11.9. The van der Waals surface area contributed by atoms with Crippen molar-refractivity contribution in [2.24, 2.45) is 5.92 Å². The first-order chi connectivity index (χ1) is 8.49. The smallest absolute Gasteiger partial charge is 0.237 e. The molecule has 0 aliphatic carbocycles. The standard InChI is InChI=1S/C14H30N2O2/c1-12(2)8-9-15-14(18)13(3)16(4)10-6-5-7-11-17/h12-13,17H,5-11H2,1-4H3,(H,15,18). The minimum absolute atomic E-state index is 0.0775. The average Bonchev–Trinajstić information content (AvgIpc) is 2.32. The summed E-state index contributed by atoms with van der Waals surface area (Å²) in [6.07, 6.45) is 3.92. The zero-order valence-corrected chi connectivity index (χ0v) is 12.4. The Morgan fingerprint density at radius 1 is 1.22 bits per heavy atom. The summed E-state index contributed by atoms with van der Waals surface area (Å²) in [4.78, 5) is 13.9. The van der Waals surface area contributed by atoms with E-state index in [1.54, 1.807) is 0 Å².